The van der Waals surface area contributed by atoms with E-state index in [0.717, 1.165) is 31.9 Å². The number of rotatable bonds is 3. The van der Waals surface area contributed by atoms with Gasteiger partial charge in [-0.25, -0.2) is 0 Å². The van der Waals surface area contributed by atoms with E-state index in [1.165, 1.54) is 0 Å². The molecule has 1 N–H and O–H groups in total. The van der Waals surface area contributed by atoms with Gasteiger partial charge in [0, 0.05) is 39.1 Å². The third-order valence-electron chi connectivity index (χ3n) is 4.28. The highest BCUT2D eigenvalue weighted by Crippen LogP contribution is 2.33. The number of anilines is 1. The molecule has 2 heterocycles. The molecule has 1 unspecified atom stereocenters. The lowest BCUT2D eigenvalue weighted by molar-refractivity contribution is -0.136. The summed E-state index contributed by atoms with van der Waals surface area (Å²) in [6, 6.07) is 7.42. The van der Waals surface area contributed by atoms with E-state index in [-0.39, 0.29) is 24.2 Å². The molecular formula is C16H21N3O3. The molecule has 118 valence electrons. The Morgan fingerprint density at radius 1 is 1.27 bits per heavy atom. The summed E-state index contributed by atoms with van der Waals surface area (Å²) < 4.78 is 5.32. The second-order valence-corrected chi connectivity index (χ2v) is 5.65. The first-order valence-electron chi connectivity index (χ1n) is 7.63. The number of benzene rings is 1. The fourth-order valence-electron chi connectivity index (χ4n) is 3.10. The first kappa shape index (κ1) is 14.8. The maximum absolute atomic E-state index is 12.6. The van der Waals surface area contributed by atoms with Crippen LogP contribution in [-0.2, 0) is 9.59 Å². The average Bonchev–Trinajstić information content (AvgIpc) is 2.96. The molecular weight excluding hydrogens is 282 g/mol. The Labute approximate surface area is 130 Å². The standard InChI is InChI=1S/C16H21N3O3/c1-22-14-5-3-2-4-13(14)19-11-12(10-15(19)20)16(21)18-8-6-17-7-9-18/h2-5,12,17H,6-11H2,1H3. The Morgan fingerprint density at radius 2 is 2.00 bits per heavy atom. The molecule has 2 aliphatic rings. The van der Waals surface area contributed by atoms with Crippen molar-refractivity contribution in [3.05, 3.63) is 24.3 Å². The fraction of sp³-hybridized carbons (Fsp3) is 0.500. The molecule has 0 aromatic heterocycles. The number of amides is 2. The molecule has 1 aromatic carbocycles. The Bertz CT molecular complexity index is 570. The molecule has 6 nitrogen and oxygen atoms in total. The van der Waals surface area contributed by atoms with Crippen LogP contribution in [-0.4, -0.2) is 56.5 Å². The second kappa shape index (κ2) is 6.36. The van der Waals surface area contributed by atoms with E-state index in [9.17, 15) is 9.59 Å². The maximum atomic E-state index is 12.6. The minimum Gasteiger partial charge on any atom is -0.495 e. The van der Waals surface area contributed by atoms with Crippen molar-refractivity contribution in [1.82, 2.24) is 10.2 Å². The summed E-state index contributed by atoms with van der Waals surface area (Å²) in [5, 5.41) is 3.23. The number of methoxy groups -OCH3 is 1. The molecule has 0 spiro atoms. The van der Waals surface area contributed by atoms with Crippen molar-refractivity contribution < 1.29 is 14.3 Å². The first-order chi connectivity index (χ1) is 10.7. The van der Waals surface area contributed by atoms with Gasteiger partial charge in [0.1, 0.15) is 5.75 Å². The molecule has 2 fully saturated rings. The van der Waals surface area contributed by atoms with Crippen molar-refractivity contribution in [2.45, 2.75) is 6.42 Å². The third-order valence-corrected chi connectivity index (χ3v) is 4.28. The summed E-state index contributed by atoms with van der Waals surface area (Å²) in [7, 11) is 1.59. The highest BCUT2D eigenvalue weighted by Gasteiger charge is 2.38. The average molecular weight is 303 g/mol. The molecule has 0 saturated carbocycles. The van der Waals surface area contributed by atoms with Crippen LogP contribution in [0.3, 0.4) is 0 Å². The van der Waals surface area contributed by atoms with E-state index < -0.39 is 0 Å². The van der Waals surface area contributed by atoms with Gasteiger partial charge in [-0.05, 0) is 12.1 Å². The molecule has 2 aliphatic heterocycles. The van der Waals surface area contributed by atoms with Gasteiger partial charge in [-0.3, -0.25) is 9.59 Å². The van der Waals surface area contributed by atoms with E-state index in [0.29, 0.717) is 12.3 Å². The third kappa shape index (κ3) is 2.78. The van der Waals surface area contributed by atoms with Crippen LogP contribution in [0.25, 0.3) is 0 Å². The molecule has 6 heteroatoms. The van der Waals surface area contributed by atoms with Crippen molar-refractivity contribution in [3.63, 3.8) is 0 Å². The summed E-state index contributed by atoms with van der Waals surface area (Å²) >= 11 is 0. The van der Waals surface area contributed by atoms with E-state index in [1.807, 2.05) is 29.2 Å². The highest BCUT2D eigenvalue weighted by atomic mass is 16.5. The van der Waals surface area contributed by atoms with Gasteiger partial charge in [-0.2, -0.15) is 0 Å². The van der Waals surface area contributed by atoms with E-state index in [4.69, 9.17) is 4.74 Å². The van der Waals surface area contributed by atoms with Gasteiger partial charge in [0.25, 0.3) is 0 Å². The van der Waals surface area contributed by atoms with Gasteiger partial charge >= 0.3 is 0 Å². The van der Waals surface area contributed by atoms with E-state index in [1.54, 1.807) is 12.0 Å². The Balaban J connectivity index is 1.74. The lowest BCUT2D eigenvalue weighted by atomic mass is 10.1. The van der Waals surface area contributed by atoms with Gasteiger partial charge in [0.15, 0.2) is 0 Å². The number of carbonyl (C=O) groups is 2. The lowest BCUT2D eigenvalue weighted by Gasteiger charge is -2.29. The van der Waals surface area contributed by atoms with Crippen LogP contribution in [0, 0.1) is 5.92 Å². The van der Waals surface area contributed by atoms with Crippen LogP contribution in [0.15, 0.2) is 24.3 Å². The normalized spacial score (nSPS) is 22.0. The zero-order chi connectivity index (χ0) is 15.5. The summed E-state index contributed by atoms with van der Waals surface area (Å²) in [4.78, 5) is 28.4. The second-order valence-electron chi connectivity index (χ2n) is 5.65. The molecule has 1 atom stereocenters. The number of carbonyl (C=O) groups excluding carboxylic acids is 2. The van der Waals surface area contributed by atoms with E-state index >= 15 is 0 Å². The zero-order valence-corrected chi connectivity index (χ0v) is 12.7. The molecule has 3 rings (SSSR count). The van der Waals surface area contributed by atoms with Crippen LogP contribution in [0.2, 0.25) is 0 Å². The molecule has 22 heavy (non-hydrogen) atoms. The molecule has 0 aliphatic carbocycles. The number of hydrogen-bond donors (Lipinski definition) is 1. The molecule has 0 bridgehead atoms. The SMILES string of the molecule is COc1ccccc1N1CC(C(=O)N2CCNCC2)CC1=O. The number of piperazine rings is 1. The summed E-state index contributed by atoms with van der Waals surface area (Å²) in [6.45, 7) is 3.52. The predicted octanol–water partition coefficient (Wildman–Crippen LogP) is 0.480. The topological polar surface area (TPSA) is 61.9 Å². The molecule has 1 aromatic rings. The van der Waals surface area contributed by atoms with Crippen LogP contribution in [0.1, 0.15) is 6.42 Å². The van der Waals surface area contributed by atoms with Crippen LogP contribution in [0.5, 0.6) is 5.75 Å². The summed E-state index contributed by atoms with van der Waals surface area (Å²) in [6.07, 6.45) is 0.279. The maximum Gasteiger partial charge on any atom is 0.228 e. The number of para-hydroxylation sites is 2. The van der Waals surface area contributed by atoms with E-state index in [2.05, 4.69) is 5.32 Å². The monoisotopic (exact) mass is 303 g/mol. The number of hydrogen-bond acceptors (Lipinski definition) is 4. The highest BCUT2D eigenvalue weighted by molar-refractivity contribution is 6.01. The fourth-order valence-corrected chi connectivity index (χ4v) is 3.10. The van der Waals surface area contributed by atoms with Gasteiger partial charge in [0.2, 0.25) is 11.8 Å². The first-order valence-corrected chi connectivity index (χ1v) is 7.63. The smallest absolute Gasteiger partial charge is 0.228 e. The Morgan fingerprint density at radius 3 is 2.73 bits per heavy atom. The molecule has 2 saturated heterocycles. The Kier molecular flexibility index (Phi) is 4.29. The minimum absolute atomic E-state index is 0.0158. The number of nitrogens with one attached hydrogen (secondary N) is 1. The predicted molar refractivity (Wildman–Crippen MR) is 82.9 cm³/mol. The number of ether oxygens (including phenoxy) is 1. The van der Waals surface area contributed by atoms with Crippen molar-refractivity contribution in [1.29, 1.82) is 0 Å². The number of nitrogens with zero attached hydrogens (tertiary/aromatic N) is 2. The molecule has 2 amide bonds. The zero-order valence-electron chi connectivity index (χ0n) is 12.7. The summed E-state index contributed by atoms with van der Waals surface area (Å²) in [5.41, 5.74) is 0.741. The van der Waals surface area contributed by atoms with Gasteiger partial charge in [-0.15, -0.1) is 0 Å². The van der Waals surface area contributed by atoms with Gasteiger partial charge in [-0.1, -0.05) is 12.1 Å². The lowest BCUT2D eigenvalue weighted by Crippen LogP contribution is -2.48. The van der Waals surface area contributed by atoms with Crippen LogP contribution < -0.4 is 15.0 Å². The van der Waals surface area contributed by atoms with Crippen molar-refractivity contribution in [2.24, 2.45) is 5.92 Å². The van der Waals surface area contributed by atoms with Crippen LogP contribution >= 0.6 is 0 Å². The largest absolute Gasteiger partial charge is 0.495 e. The Hall–Kier alpha value is -2.08. The van der Waals surface area contributed by atoms with Crippen molar-refractivity contribution in [2.75, 3.05) is 44.7 Å². The molecule has 0 radical (unpaired) electrons. The van der Waals surface area contributed by atoms with Crippen LogP contribution in [0.4, 0.5) is 5.69 Å². The van der Waals surface area contributed by atoms with Gasteiger partial charge in [0.05, 0.1) is 18.7 Å². The van der Waals surface area contributed by atoms with Crippen molar-refractivity contribution >= 4 is 17.5 Å². The van der Waals surface area contributed by atoms with Crippen molar-refractivity contribution in [3.8, 4) is 5.75 Å². The van der Waals surface area contributed by atoms with Gasteiger partial charge < -0.3 is 19.9 Å². The summed E-state index contributed by atoms with van der Waals surface area (Å²) in [5.74, 6) is 0.479. The minimum atomic E-state index is -0.254. The quantitative estimate of drug-likeness (QED) is 0.882.